The quantitative estimate of drug-likeness (QED) is 0.639. The molecule has 1 aromatic carbocycles. The highest BCUT2D eigenvalue weighted by Crippen LogP contribution is 2.24. The van der Waals surface area contributed by atoms with Crippen molar-refractivity contribution in [1.82, 2.24) is 14.8 Å². The molecule has 1 aliphatic rings. The molecule has 0 bridgehead atoms. The van der Waals surface area contributed by atoms with E-state index >= 15 is 0 Å². The van der Waals surface area contributed by atoms with Gasteiger partial charge in [-0.3, -0.25) is 9.88 Å². The fraction of sp³-hybridized carbons (Fsp3) is 0.391. The summed E-state index contributed by atoms with van der Waals surface area (Å²) in [5, 5.41) is 1.07. The first kappa shape index (κ1) is 18.8. The molecule has 0 N–H and O–H groups in total. The molecule has 0 aliphatic carbocycles. The number of rotatable bonds is 5. The maximum atomic E-state index is 12.1. The lowest BCUT2D eigenvalue weighted by molar-refractivity contribution is 0.128. The molecule has 2 aromatic heterocycles. The van der Waals surface area contributed by atoms with E-state index in [1.165, 1.54) is 11.1 Å². The highest BCUT2D eigenvalue weighted by atomic mass is 16.4. The van der Waals surface area contributed by atoms with Gasteiger partial charge >= 0.3 is 5.63 Å². The van der Waals surface area contributed by atoms with Crippen molar-refractivity contribution in [3.8, 4) is 0 Å². The van der Waals surface area contributed by atoms with Crippen molar-refractivity contribution in [2.24, 2.45) is 0 Å². The van der Waals surface area contributed by atoms with Gasteiger partial charge in [-0.2, -0.15) is 0 Å². The Morgan fingerprint density at radius 2 is 1.71 bits per heavy atom. The van der Waals surface area contributed by atoms with Crippen LogP contribution >= 0.6 is 0 Å². The molecule has 3 aromatic rings. The molecule has 3 heterocycles. The van der Waals surface area contributed by atoms with Gasteiger partial charge in [-0.1, -0.05) is 6.07 Å². The zero-order chi connectivity index (χ0) is 19.5. The Kier molecular flexibility index (Phi) is 5.55. The van der Waals surface area contributed by atoms with Crippen LogP contribution in [0.2, 0.25) is 0 Å². The Morgan fingerprint density at radius 1 is 1.00 bits per heavy atom. The van der Waals surface area contributed by atoms with E-state index in [2.05, 4.69) is 46.0 Å². The van der Waals surface area contributed by atoms with Crippen LogP contribution in [0.4, 0.5) is 0 Å². The predicted octanol–water partition coefficient (Wildman–Crippen LogP) is 3.17. The standard InChI is InChI=1S/C23H27N3O2/c1-17-13-18(2)23-21(14-17)20(15-22(27)28-23)16-26-11-9-25(10-12-26)8-5-19-3-6-24-7-4-19/h3-4,6-7,13-15H,5,8-12,16H2,1-2H3. The highest BCUT2D eigenvalue weighted by molar-refractivity contribution is 5.83. The van der Waals surface area contributed by atoms with Crippen molar-refractivity contribution >= 4 is 11.0 Å². The molecule has 0 saturated carbocycles. The van der Waals surface area contributed by atoms with Crippen molar-refractivity contribution < 1.29 is 4.42 Å². The number of pyridine rings is 1. The predicted molar refractivity (Wildman–Crippen MR) is 112 cm³/mol. The summed E-state index contributed by atoms with van der Waals surface area (Å²) in [5.41, 5.74) is 5.10. The van der Waals surface area contributed by atoms with Crippen LogP contribution in [0.15, 0.2) is 51.9 Å². The van der Waals surface area contributed by atoms with Crippen LogP contribution in [-0.4, -0.2) is 47.5 Å². The normalized spacial score (nSPS) is 15.9. The SMILES string of the molecule is Cc1cc(C)c2oc(=O)cc(CN3CCN(CCc4ccncc4)CC3)c2c1. The van der Waals surface area contributed by atoms with Gasteiger partial charge in [0.2, 0.25) is 0 Å². The van der Waals surface area contributed by atoms with E-state index in [9.17, 15) is 4.79 Å². The number of hydrogen-bond acceptors (Lipinski definition) is 5. The van der Waals surface area contributed by atoms with Crippen molar-refractivity contribution in [2.75, 3.05) is 32.7 Å². The summed E-state index contributed by atoms with van der Waals surface area (Å²) in [4.78, 5) is 21.1. The highest BCUT2D eigenvalue weighted by Gasteiger charge is 2.18. The first-order chi connectivity index (χ1) is 13.6. The third-order valence-electron chi connectivity index (χ3n) is 5.58. The first-order valence-electron chi connectivity index (χ1n) is 9.96. The van der Waals surface area contributed by atoms with Gasteiger partial charge in [-0.15, -0.1) is 0 Å². The molecule has 28 heavy (non-hydrogen) atoms. The molecule has 0 spiro atoms. The summed E-state index contributed by atoms with van der Waals surface area (Å²) in [7, 11) is 0. The number of hydrogen-bond donors (Lipinski definition) is 0. The maximum Gasteiger partial charge on any atom is 0.336 e. The molecule has 1 aliphatic heterocycles. The van der Waals surface area contributed by atoms with Gasteiger partial charge in [0.1, 0.15) is 5.58 Å². The third-order valence-corrected chi connectivity index (χ3v) is 5.58. The molecule has 146 valence electrons. The number of benzene rings is 1. The Balaban J connectivity index is 1.40. The molecule has 5 heteroatoms. The van der Waals surface area contributed by atoms with Crippen LogP contribution in [0.5, 0.6) is 0 Å². The van der Waals surface area contributed by atoms with Crippen LogP contribution in [-0.2, 0) is 13.0 Å². The van der Waals surface area contributed by atoms with Gasteiger partial charge in [-0.25, -0.2) is 4.79 Å². The topological polar surface area (TPSA) is 49.6 Å². The minimum absolute atomic E-state index is 0.259. The van der Waals surface area contributed by atoms with Crippen molar-refractivity contribution in [3.05, 3.63) is 75.4 Å². The average Bonchev–Trinajstić information content (AvgIpc) is 2.69. The second kappa shape index (κ2) is 8.25. The second-order valence-corrected chi connectivity index (χ2v) is 7.77. The van der Waals surface area contributed by atoms with Crippen LogP contribution < -0.4 is 5.63 Å². The van der Waals surface area contributed by atoms with Crippen LogP contribution in [0.3, 0.4) is 0 Å². The monoisotopic (exact) mass is 377 g/mol. The van der Waals surface area contributed by atoms with E-state index in [-0.39, 0.29) is 5.63 Å². The van der Waals surface area contributed by atoms with Gasteiger partial charge in [0.05, 0.1) is 0 Å². The lowest BCUT2D eigenvalue weighted by Crippen LogP contribution is -2.46. The van der Waals surface area contributed by atoms with E-state index in [0.29, 0.717) is 0 Å². The van der Waals surface area contributed by atoms with Crippen molar-refractivity contribution in [1.29, 1.82) is 0 Å². The molecular formula is C23H27N3O2. The van der Waals surface area contributed by atoms with E-state index in [1.807, 2.05) is 19.3 Å². The van der Waals surface area contributed by atoms with Crippen LogP contribution in [0.25, 0.3) is 11.0 Å². The molecular weight excluding hydrogens is 350 g/mol. The third kappa shape index (κ3) is 4.32. The summed E-state index contributed by atoms with van der Waals surface area (Å²) in [6.07, 6.45) is 4.78. The molecule has 0 radical (unpaired) electrons. The van der Waals surface area contributed by atoms with Gasteiger partial charge in [0.25, 0.3) is 0 Å². The summed E-state index contributed by atoms with van der Waals surface area (Å²) < 4.78 is 5.48. The smallest absolute Gasteiger partial charge is 0.336 e. The van der Waals surface area contributed by atoms with Gasteiger partial charge in [0, 0.05) is 63.1 Å². The van der Waals surface area contributed by atoms with E-state index in [4.69, 9.17) is 4.42 Å². The fourth-order valence-corrected chi connectivity index (χ4v) is 4.06. The number of fused-ring (bicyclic) bond motifs is 1. The van der Waals surface area contributed by atoms with Gasteiger partial charge in [-0.05, 0) is 60.7 Å². The van der Waals surface area contributed by atoms with Gasteiger partial charge in [0.15, 0.2) is 0 Å². The largest absolute Gasteiger partial charge is 0.422 e. The first-order valence-corrected chi connectivity index (χ1v) is 9.96. The molecule has 0 atom stereocenters. The van der Waals surface area contributed by atoms with Crippen LogP contribution in [0.1, 0.15) is 22.3 Å². The average molecular weight is 377 g/mol. The second-order valence-electron chi connectivity index (χ2n) is 7.77. The Morgan fingerprint density at radius 3 is 2.46 bits per heavy atom. The molecule has 5 nitrogen and oxygen atoms in total. The van der Waals surface area contributed by atoms with Crippen molar-refractivity contribution in [2.45, 2.75) is 26.8 Å². The van der Waals surface area contributed by atoms with E-state index < -0.39 is 0 Å². The minimum atomic E-state index is -0.259. The molecule has 1 fully saturated rings. The lowest BCUT2D eigenvalue weighted by Gasteiger charge is -2.34. The van der Waals surface area contributed by atoms with Crippen molar-refractivity contribution in [3.63, 3.8) is 0 Å². The zero-order valence-electron chi connectivity index (χ0n) is 16.6. The molecule has 0 amide bonds. The number of nitrogens with zero attached hydrogens (tertiary/aromatic N) is 3. The summed E-state index contributed by atoms with van der Waals surface area (Å²) in [5.74, 6) is 0. The molecule has 1 saturated heterocycles. The van der Waals surface area contributed by atoms with E-state index in [0.717, 1.165) is 67.8 Å². The van der Waals surface area contributed by atoms with Gasteiger partial charge < -0.3 is 9.32 Å². The minimum Gasteiger partial charge on any atom is -0.422 e. The summed E-state index contributed by atoms with van der Waals surface area (Å²) in [6, 6.07) is 10.0. The zero-order valence-corrected chi connectivity index (χ0v) is 16.6. The van der Waals surface area contributed by atoms with E-state index in [1.54, 1.807) is 6.07 Å². The number of aryl methyl sites for hydroxylation is 2. The Hall–Kier alpha value is -2.50. The molecule has 0 unspecified atom stereocenters. The maximum absolute atomic E-state index is 12.1. The fourth-order valence-electron chi connectivity index (χ4n) is 4.06. The summed E-state index contributed by atoms with van der Waals surface area (Å²) in [6.45, 7) is 10.1. The number of aromatic nitrogens is 1. The van der Waals surface area contributed by atoms with Crippen LogP contribution in [0, 0.1) is 13.8 Å². The molecule has 4 rings (SSSR count). The number of piperazine rings is 1. The Bertz CT molecular complexity index is 1010. The Labute approximate surface area is 165 Å². The summed E-state index contributed by atoms with van der Waals surface area (Å²) >= 11 is 0. The lowest BCUT2D eigenvalue weighted by atomic mass is 10.0.